The molecule has 0 unspecified atom stereocenters. The lowest BCUT2D eigenvalue weighted by Gasteiger charge is -2.27. The van der Waals surface area contributed by atoms with E-state index in [-0.39, 0.29) is 0 Å². The summed E-state index contributed by atoms with van der Waals surface area (Å²) in [7, 11) is 0. The monoisotopic (exact) mass is 258 g/mol. The summed E-state index contributed by atoms with van der Waals surface area (Å²) in [5, 5.41) is 0. The molecule has 4 heteroatoms. The van der Waals surface area contributed by atoms with Crippen LogP contribution < -0.4 is 0 Å². The molecule has 0 aromatic heterocycles. The molecule has 1 aliphatic rings. The maximum absolute atomic E-state index is 2.42. The molecule has 1 aliphatic heterocycles. The zero-order chi connectivity index (χ0) is 12.3. The maximum atomic E-state index is 2.42. The van der Waals surface area contributed by atoms with Crippen molar-refractivity contribution in [3.63, 3.8) is 0 Å². The Morgan fingerprint density at radius 1 is 0.938 bits per heavy atom. The highest BCUT2D eigenvalue weighted by atomic mass is 32.2. The Hall–Kier alpha value is -0.220. The summed E-state index contributed by atoms with van der Waals surface area (Å²) in [6.07, 6.45) is 4.31. The standard InChI is InChI=1S/C12H22N2S2/c1-7-13-9(3)10(4)14(8-2)11(13)12(15-5)16-6/h7-8H2,1-6H3. The number of thioether (sulfide) groups is 2. The molecule has 0 aliphatic carbocycles. The van der Waals surface area contributed by atoms with Crippen molar-refractivity contribution in [3.05, 3.63) is 21.5 Å². The number of hydrogen-bond donors (Lipinski definition) is 0. The van der Waals surface area contributed by atoms with Crippen molar-refractivity contribution in [1.82, 2.24) is 9.80 Å². The van der Waals surface area contributed by atoms with E-state index in [1.807, 2.05) is 23.5 Å². The quantitative estimate of drug-likeness (QED) is 0.757. The molecule has 0 aromatic rings. The van der Waals surface area contributed by atoms with E-state index < -0.39 is 0 Å². The van der Waals surface area contributed by atoms with Crippen LogP contribution in [-0.4, -0.2) is 35.4 Å². The van der Waals surface area contributed by atoms with Gasteiger partial charge >= 0.3 is 0 Å². The van der Waals surface area contributed by atoms with E-state index in [0.29, 0.717) is 0 Å². The van der Waals surface area contributed by atoms with E-state index in [4.69, 9.17) is 0 Å². The number of rotatable bonds is 4. The average molecular weight is 258 g/mol. The van der Waals surface area contributed by atoms with Crippen LogP contribution in [0.3, 0.4) is 0 Å². The first-order valence-corrected chi connectivity index (χ1v) is 8.12. The normalized spacial score (nSPS) is 16.5. The van der Waals surface area contributed by atoms with Crippen molar-refractivity contribution in [2.45, 2.75) is 27.7 Å². The Morgan fingerprint density at radius 3 is 1.56 bits per heavy atom. The number of allylic oxidation sites excluding steroid dienone is 2. The number of hydrogen-bond acceptors (Lipinski definition) is 4. The van der Waals surface area contributed by atoms with Crippen LogP contribution in [0.25, 0.3) is 0 Å². The maximum Gasteiger partial charge on any atom is 0.133 e. The zero-order valence-corrected chi connectivity index (χ0v) is 12.8. The summed E-state index contributed by atoms with van der Waals surface area (Å²) >= 11 is 3.68. The third-order valence-corrected chi connectivity index (χ3v) is 5.14. The van der Waals surface area contributed by atoms with Gasteiger partial charge in [-0.05, 0) is 40.2 Å². The average Bonchev–Trinajstić information content (AvgIpc) is 2.53. The molecule has 92 valence electrons. The van der Waals surface area contributed by atoms with Crippen LogP contribution in [0.5, 0.6) is 0 Å². The predicted molar refractivity (Wildman–Crippen MR) is 77.2 cm³/mol. The zero-order valence-electron chi connectivity index (χ0n) is 11.1. The first-order chi connectivity index (χ1) is 7.62. The lowest BCUT2D eigenvalue weighted by atomic mass is 10.3. The predicted octanol–water partition coefficient (Wildman–Crippen LogP) is 3.75. The summed E-state index contributed by atoms with van der Waals surface area (Å²) in [5.74, 6) is 1.38. The fraction of sp³-hybridized carbons (Fsp3) is 0.667. The van der Waals surface area contributed by atoms with E-state index in [1.165, 1.54) is 21.5 Å². The van der Waals surface area contributed by atoms with Crippen LogP contribution in [0.15, 0.2) is 21.5 Å². The largest absolute Gasteiger partial charge is 0.329 e. The molecule has 0 fully saturated rings. The molecular weight excluding hydrogens is 236 g/mol. The molecule has 1 heterocycles. The van der Waals surface area contributed by atoms with E-state index in [0.717, 1.165) is 13.1 Å². The van der Waals surface area contributed by atoms with E-state index in [2.05, 4.69) is 50.0 Å². The van der Waals surface area contributed by atoms with Gasteiger partial charge in [0.2, 0.25) is 0 Å². The van der Waals surface area contributed by atoms with Crippen molar-refractivity contribution in [3.8, 4) is 0 Å². The van der Waals surface area contributed by atoms with Crippen LogP contribution >= 0.6 is 23.5 Å². The lowest BCUT2D eigenvalue weighted by molar-refractivity contribution is 0.357. The Labute approximate surface area is 108 Å². The molecule has 0 aromatic carbocycles. The minimum absolute atomic E-state index is 1.04. The molecule has 0 saturated carbocycles. The van der Waals surface area contributed by atoms with Gasteiger partial charge in [0.1, 0.15) is 5.82 Å². The van der Waals surface area contributed by atoms with Gasteiger partial charge in [-0.2, -0.15) is 0 Å². The Kier molecular flexibility index (Phi) is 5.12. The van der Waals surface area contributed by atoms with Crippen molar-refractivity contribution in [1.29, 1.82) is 0 Å². The second-order valence-electron chi connectivity index (χ2n) is 3.68. The van der Waals surface area contributed by atoms with Gasteiger partial charge in [0.05, 0.1) is 4.24 Å². The van der Waals surface area contributed by atoms with Crippen LogP contribution in [0.2, 0.25) is 0 Å². The van der Waals surface area contributed by atoms with Crippen molar-refractivity contribution >= 4 is 23.5 Å². The van der Waals surface area contributed by atoms with Crippen molar-refractivity contribution in [2.24, 2.45) is 0 Å². The summed E-state index contributed by atoms with van der Waals surface area (Å²) in [5.41, 5.74) is 2.78. The van der Waals surface area contributed by atoms with E-state index in [1.54, 1.807) is 0 Å². The summed E-state index contributed by atoms with van der Waals surface area (Å²) in [6.45, 7) is 10.9. The van der Waals surface area contributed by atoms with E-state index >= 15 is 0 Å². The molecule has 0 atom stereocenters. The molecule has 0 saturated heterocycles. The fourth-order valence-corrected chi connectivity index (χ4v) is 3.59. The fourth-order valence-electron chi connectivity index (χ4n) is 2.11. The lowest BCUT2D eigenvalue weighted by Crippen LogP contribution is -2.25. The van der Waals surface area contributed by atoms with E-state index in [9.17, 15) is 0 Å². The minimum Gasteiger partial charge on any atom is -0.329 e. The molecule has 0 bridgehead atoms. The summed E-state index contributed by atoms with van der Waals surface area (Å²) in [4.78, 5) is 4.84. The van der Waals surface area contributed by atoms with Crippen molar-refractivity contribution in [2.75, 3.05) is 25.6 Å². The second kappa shape index (κ2) is 5.92. The van der Waals surface area contributed by atoms with Crippen LogP contribution in [0.4, 0.5) is 0 Å². The second-order valence-corrected chi connectivity index (χ2v) is 5.57. The Balaban J connectivity index is 3.22. The van der Waals surface area contributed by atoms with Crippen LogP contribution in [-0.2, 0) is 0 Å². The molecular formula is C12H22N2S2. The first-order valence-electron chi connectivity index (χ1n) is 5.67. The van der Waals surface area contributed by atoms with Gasteiger partial charge in [0.25, 0.3) is 0 Å². The van der Waals surface area contributed by atoms with Gasteiger partial charge in [0, 0.05) is 24.5 Å². The molecule has 2 nitrogen and oxygen atoms in total. The van der Waals surface area contributed by atoms with Crippen molar-refractivity contribution < 1.29 is 0 Å². The minimum atomic E-state index is 1.04. The number of nitrogens with zero attached hydrogens (tertiary/aromatic N) is 2. The van der Waals surface area contributed by atoms with Gasteiger partial charge in [-0.1, -0.05) is 0 Å². The van der Waals surface area contributed by atoms with Gasteiger partial charge in [-0.25, -0.2) is 0 Å². The third-order valence-electron chi connectivity index (χ3n) is 3.03. The highest BCUT2D eigenvalue weighted by molar-refractivity contribution is 8.21. The first kappa shape index (κ1) is 13.8. The van der Waals surface area contributed by atoms with Gasteiger partial charge in [-0.3, -0.25) is 0 Å². The molecule has 1 rings (SSSR count). The van der Waals surface area contributed by atoms with Gasteiger partial charge in [0.15, 0.2) is 0 Å². The van der Waals surface area contributed by atoms with Gasteiger partial charge < -0.3 is 9.80 Å². The SMILES string of the molecule is CCN1C(C)=C(C)N(CC)C1=C(SC)SC. The summed E-state index contributed by atoms with van der Waals surface area (Å²) < 4.78 is 1.40. The Bertz CT molecular complexity index is 293. The molecule has 0 N–H and O–H groups in total. The smallest absolute Gasteiger partial charge is 0.133 e. The molecule has 0 spiro atoms. The molecule has 16 heavy (non-hydrogen) atoms. The highest BCUT2D eigenvalue weighted by Crippen LogP contribution is 2.39. The summed E-state index contributed by atoms with van der Waals surface area (Å²) in [6, 6.07) is 0. The third kappa shape index (κ3) is 2.23. The molecule has 0 amide bonds. The highest BCUT2D eigenvalue weighted by Gasteiger charge is 2.29. The van der Waals surface area contributed by atoms with Gasteiger partial charge in [-0.15, -0.1) is 23.5 Å². The molecule has 0 radical (unpaired) electrons. The Morgan fingerprint density at radius 2 is 1.31 bits per heavy atom. The van der Waals surface area contributed by atoms with Crippen LogP contribution in [0.1, 0.15) is 27.7 Å². The van der Waals surface area contributed by atoms with Crippen LogP contribution in [0, 0.1) is 0 Å². The topological polar surface area (TPSA) is 6.48 Å².